The van der Waals surface area contributed by atoms with Gasteiger partial charge in [0.1, 0.15) is 0 Å². The molecule has 0 saturated carbocycles. The van der Waals surface area contributed by atoms with Crippen molar-refractivity contribution in [3.63, 3.8) is 0 Å². The number of allylic oxidation sites excluding steroid dienone is 2. The largest absolute Gasteiger partial charge is 0.320 e. The molecule has 1 N–H and O–H groups in total. The number of nitrogens with one attached hydrogen (secondary N) is 1. The van der Waals surface area contributed by atoms with E-state index in [4.69, 9.17) is 0 Å². The van der Waals surface area contributed by atoms with Gasteiger partial charge in [0.25, 0.3) is 5.56 Å². The number of fused-ring (bicyclic) bond motifs is 1. The Kier molecular flexibility index (Phi) is 2.74. The Bertz CT molecular complexity index is 669. The highest BCUT2D eigenvalue weighted by Gasteiger charge is 2.14. The molecule has 3 rings (SSSR count). The van der Waals surface area contributed by atoms with Gasteiger partial charge in [-0.05, 0) is 42.9 Å². The maximum Gasteiger partial charge on any atom is 0.256 e. The third kappa shape index (κ3) is 1.96. The molecular weight excluding hydrogens is 224 g/mol. The van der Waals surface area contributed by atoms with E-state index in [1.54, 1.807) is 12.4 Å². The smallest absolute Gasteiger partial charge is 0.256 e. The molecule has 0 bridgehead atoms. The summed E-state index contributed by atoms with van der Waals surface area (Å²) in [6.07, 6.45) is 8.90. The van der Waals surface area contributed by atoms with Gasteiger partial charge in [0.15, 0.2) is 0 Å². The molecule has 0 unspecified atom stereocenters. The molecule has 0 saturated heterocycles. The SMILES string of the molecule is C[C@H]1CC=C(c2cc3ccncc3[nH]c2=O)CC1. The third-order valence-corrected chi connectivity index (χ3v) is 3.67. The van der Waals surface area contributed by atoms with Gasteiger partial charge < -0.3 is 4.98 Å². The molecule has 18 heavy (non-hydrogen) atoms. The second-order valence-corrected chi connectivity index (χ2v) is 5.08. The van der Waals surface area contributed by atoms with Crippen LogP contribution < -0.4 is 5.56 Å². The Hall–Kier alpha value is -1.90. The molecule has 92 valence electrons. The molecule has 0 aliphatic heterocycles. The zero-order chi connectivity index (χ0) is 12.5. The number of pyridine rings is 2. The minimum absolute atomic E-state index is 0.00342. The van der Waals surface area contributed by atoms with Crippen LogP contribution in [0.4, 0.5) is 0 Å². The number of aromatic nitrogens is 2. The maximum absolute atomic E-state index is 12.1. The van der Waals surface area contributed by atoms with Crippen molar-refractivity contribution in [3.05, 3.63) is 46.5 Å². The normalized spacial score (nSPS) is 19.8. The van der Waals surface area contributed by atoms with Gasteiger partial charge in [0.2, 0.25) is 0 Å². The lowest BCUT2D eigenvalue weighted by molar-refractivity contribution is 0.533. The predicted molar refractivity (Wildman–Crippen MR) is 73.4 cm³/mol. The van der Waals surface area contributed by atoms with Crippen molar-refractivity contribution < 1.29 is 0 Å². The Morgan fingerprint density at radius 3 is 3.11 bits per heavy atom. The van der Waals surface area contributed by atoms with Crippen molar-refractivity contribution >= 4 is 16.5 Å². The number of hydrogen-bond acceptors (Lipinski definition) is 2. The van der Waals surface area contributed by atoms with E-state index in [9.17, 15) is 4.79 Å². The molecule has 0 fully saturated rings. The molecule has 3 nitrogen and oxygen atoms in total. The highest BCUT2D eigenvalue weighted by atomic mass is 16.1. The molecule has 3 heteroatoms. The number of aromatic amines is 1. The van der Waals surface area contributed by atoms with Crippen LogP contribution in [-0.4, -0.2) is 9.97 Å². The first-order valence-electron chi connectivity index (χ1n) is 6.40. The zero-order valence-electron chi connectivity index (χ0n) is 10.4. The van der Waals surface area contributed by atoms with Crippen molar-refractivity contribution in [1.82, 2.24) is 9.97 Å². The van der Waals surface area contributed by atoms with Gasteiger partial charge in [-0.15, -0.1) is 0 Å². The van der Waals surface area contributed by atoms with Crippen LogP contribution >= 0.6 is 0 Å². The van der Waals surface area contributed by atoms with Crippen LogP contribution in [-0.2, 0) is 0 Å². The van der Waals surface area contributed by atoms with Gasteiger partial charge in [0.05, 0.1) is 11.7 Å². The average molecular weight is 240 g/mol. The van der Waals surface area contributed by atoms with Crippen LogP contribution in [0, 0.1) is 5.92 Å². The second kappa shape index (κ2) is 4.41. The van der Waals surface area contributed by atoms with Crippen LogP contribution in [0.2, 0.25) is 0 Å². The van der Waals surface area contributed by atoms with Crippen molar-refractivity contribution in [2.24, 2.45) is 5.92 Å². The lowest BCUT2D eigenvalue weighted by Crippen LogP contribution is -2.13. The van der Waals surface area contributed by atoms with Crippen LogP contribution in [0.1, 0.15) is 31.7 Å². The van der Waals surface area contributed by atoms with Gasteiger partial charge in [-0.1, -0.05) is 13.0 Å². The Balaban J connectivity index is 2.12. The highest BCUT2D eigenvalue weighted by molar-refractivity contribution is 5.81. The van der Waals surface area contributed by atoms with E-state index in [0.29, 0.717) is 0 Å². The molecule has 2 aromatic rings. The number of rotatable bonds is 1. The maximum atomic E-state index is 12.1. The van der Waals surface area contributed by atoms with E-state index >= 15 is 0 Å². The van der Waals surface area contributed by atoms with Gasteiger partial charge in [-0.2, -0.15) is 0 Å². The van der Waals surface area contributed by atoms with Crippen LogP contribution in [0.3, 0.4) is 0 Å². The minimum atomic E-state index is -0.00342. The lowest BCUT2D eigenvalue weighted by Gasteiger charge is -2.18. The molecule has 0 aromatic carbocycles. The molecule has 1 aliphatic carbocycles. The summed E-state index contributed by atoms with van der Waals surface area (Å²) in [5.74, 6) is 0.734. The highest BCUT2D eigenvalue weighted by Crippen LogP contribution is 2.29. The van der Waals surface area contributed by atoms with Crippen molar-refractivity contribution in [3.8, 4) is 0 Å². The van der Waals surface area contributed by atoms with Crippen LogP contribution in [0.5, 0.6) is 0 Å². The van der Waals surface area contributed by atoms with E-state index < -0.39 is 0 Å². The van der Waals surface area contributed by atoms with E-state index in [2.05, 4.69) is 23.0 Å². The summed E-state index contributed by atoms with van der Waals surface area (Å²) < 4.78 is 0. The Morgan fingerprint density at radius 1 is 1.44 bits per heavy atom. The molecule has 1 atom stereocenters. The fourth-order valence-electron chi connectivity index (χ4n) is 2.49. The molecule has 0 radical (unpaired) electrons. The van der Waals surface area contributed by atoms with Crippen LogP contribution in [0.15, 0.2) is 35.4 Å². The molecule has 0 amide bonds. The van der Waals surface area contributed by atoms with Crippen molar-refractivity contribution in [2.75, 3.05) is 0 Å². The topological polar surface area (TPSA) is 45.8 Å². The molecule has 2 heterocycles. The first kappa shape index (κ1) is 11.2. The summed E-state index contributed by atoms with van der Waals surface area (Å²) in [6, 6.07) is 3.92. The summed E-state index contributed by atoms with van der Waals surface area (Å²) >= 11 is 0. The zero-order valence-corrected chi connectivity index (χ0v) is 10.4. The van der Waals surface area contributed by atoms with Gasteiger partial charge in [0, 0.05) is 17.1 Å². The standard InChI is InChI=1S/C15H16N2O/c1-10-2-4-11(5-3-10)13-8-12-6-7-16-9-14(12)17-15(13)18/h4,6-10H,2-3,5H2,1H3,(H,17,18)/t10-/m0/s1. The Morgan fingerprint density at radius 2 is 2.33 bits per heavy atom. The summed E-state index contributed by atoms with van der Waals surface area (Å²) in [5, 5.41) is 1.04. The van der Waals surface area contributed by atoms with Gasteiger partial charge >= 0.3 is 0 Å². The molecule has 2 aromatic heterocycles. The minimum Gasteiger partial charge on any atom is -0.320 e. The van der Waals surface area contributed by atoms with Gasteiger partial charge in [-0.3, -0.25) is 9.78 Å². The van der Waals surface area contributed by atoms with Crippen LogP contribution in [0.25, 0.3) is 16.5 Å². The van der Waals surface area contributed by atoms with E-state index in [1.807, 2.05) is 12.1 Å². The second-order valence-electron chi connectivity index (χ2n) is 5.08. The van der Waals surface area contributed by atoms with E-state index in [0.717, 1.165) is 35.2 Å². The predicted octanol–water partition coefficient (Wildman–Crippen LogP) is 3.13. The van der Waals surface area contributed by atoms with Crippen molar-refractivity contribution in [2.45, 2.75) is 26.2 Å². The van der Waals surface area contributed by atoms with E-state index in [-0.39, 0.29) is 5.56 Å². The molecular formula is C15H16N2O. The fraction of sp³-hybridized carbons (Fsp3) is 0.333. The first-order valence-corrected chi connectivity index (χ1v) is 6.40. The summed E-state index contributed by atoms with van der Waals surface area (Å²) in [7, 11) is 0. The quantitative estimate of drug-likeness (QED) is 0.832. The summed E-state index contributed by atoms with van der Waals surface area (Å²) in [4.78, 5) is 19.0. The molecule has 1 aliphatic rings. The lowest BCUT2D eigenvalue weighted by atomic mass is 9.88. The summed E-state index contributed by atoms with van der Waals surface area (Å²) in [6.45, 7) is 2.25. The van der Waals surface area contributed by atoms with Gasteiger partial charge in [-0.25, -0.2) is 0 Å². The Labute approximate surface area is 106 Å². The molecule has 0 spiro atoms. The number of nitrogens with zero attached hydrogens (tertiary/aromatic N) is 1. The monoisotopic (exact) mass is 240 g/mol. The third-order valence-electron chi connectivity index (χ3n) is 3.67. The fourth-order valence-corrected chi connectivity index (χ4v) is 2.49. The summed E-state index contributed by atoms with van der Waals surface area (Å²) in [5.41, 5.74) is 2.81. The first-order chi connectivity index (χ1) is 8.74. The van der Waals surface area contributed by atoms with E-state index in [1.165, 1.54) is 12.0 Å². The average Bonchev–Trinajstić information content (AvgIpc) is 2.39. The number of hydrogen-bond donors (Lipinski definition) is 1. The van der Waals surface area contributed by atoms with Crippen molar-refractivity contribution in [1.29, 1.82) is 0 Å². The number of H-pyrrole nitrogens is 1.